The van der Waals surface area contributed by atoms with E-state index >= 15 is 0 Å². The van der Waals surface area contributed by atoms with Crippen molar-refractivity contribution in [1.29, 1.82) is 0 Å². The summed E-state index contributed by atoms with van der Waals surface area (Å²) in [5.74, 6) is -2.43. The van der Waals surface area contributed by atoms with Gasteiger partial charge in [0.25, 0.3) is 0 Å². The largest absolute Gasteiger partial charge is 0.363 e. The third kappa shape index (κ3) is 2.92. The quantitative estimate of drug-likeness (QED) is 0.858. The van der Waals surface area contributed by atoms with Gasteiger partial charge in [-0.05, 0) is 12.8 Å². The monoisotopic (exact) mass is 286 g/mol. The normalized spacial score (nSPS) is 24.8. The van der Waals surface area contributed by atoms with Gasteiger partial charge in [0, 0.05) is 37.3 Å². The highest BCUT2D eigenvalue weighted by atomic mass is 19.2. The van der Waals surface area contributed by atoms with Crippen LogP contribution in [0.25, 0.3) is 0 Å². The molecule has 0 spiro atoms. The number of rotatable bonds is 3. The molecule has 1 aliphatic rings. The Labute approximate surface area is 118 Å². The fraction of sp³-hybridized carbons (Fsp3) is 0.600. The first-order valence-corrected chi connectivity index (χ1v) is 7.08. The summed E-state index contributed by atoms with van der Waals surface area (Å²) < 4.78 is 40.7. The molecule has 0 aliphatic carbocycles. The molecule has 112 valence electrons. The molecule has 2 nitrogen and oxygen atoms in total. The maximum atomic E-state index is 13.9. The molecule has 1 aromatic rings. The fourth-order valence-electron chi connectivity index (χ4n) is 2.64. The van der Waals surface area contributed by atoms with E-state index < -0.39 is 17.5 Å². The highest BCUT2D eigenvalue weighted by Gasteiger charge is 2.30. The highest BCUT2D eigenvalue weighted by Crippen LogP contribution is 2.28. The third-order valence-electron chi connectivity index (χ3n) is 4.21. The molecule has 1 aliphatic heterocycles. The summed E-state index contributed by atoms with van der Waals surface area (Å²) in [4.78, 5) is 1.76. The van der Waals surface area contributed by atoms with Crippen LogP contribution in [-0.4, -0.2) is 25.2 Å². The molecule has 1 heterocycles. The van der Waals surface area contributed by atoms with Crippen LogP contribution in [0.2, 0.25) is 0 Å². The van der Waals surface area contributed by atoms with E-state index in [0.717, 1.165) is 12.5 Å². The van der Waals surface area contributed by atoms with Crippen LogP contribution in [0.5, 0.6) is 0 Å². The van der Waals surface area contributed by atoms with Crippen molar-refractivity contribution in [1.82, 2.24) is 5.32 Å². The average molecular weight is 286 g/mol. The summed E-state index contributed by atoms with van der Waals surface area (Å²) >= 11 is 0. The lowest BCUT2D eigenvalue weighted by atomic mass is 9.95. The zero-order valence-electron chi connectivity index (χ0n) is 12.1. The lowest BCUT2D eigenvalue weighted by Gasteiger charge is -2.42. The van der Waals surface area contributed by atoms with E-state index in [1.165, 1.54) is 0 Å². The third-order valence-corrected chi connectivity index (χ3v) is 4.21. The predicted molar refractivity (Wildman–Crippen MR) is 74.4 cm³/mol. The van der Waals surface area contributed by atoms with E-state index in [-0.39, 0.29) is 17.8 Å². The first kappa shape index (κ1) is 15.2. The SMILES string of the molecule is CCC(C)C1CN(c2cc(F)cc(F)c2F)C(C)CN1. The predicted octanol–water partition coefficient (Wildman–Crippen LogP) is 3.32. The maximum Gasteiger partial charge on any atom is 0.182 e. The second kappa shape index (κ2) is 6.04. The molecule has 0 amide bonds. The van der Waals surface area contributed by atoms with Crippen LogP contribution in [0, 0.1) is 23.4 Å². The molecule has 1 aromatic carbocycles. The first-order valence-electron chi connectivity index (χ1n) is 7.08. The average Bonchev–Trinajstić information content (AvgIpc) is 2.42. The molecular formula is C15H21F3N2. The van der Waals surface area contributed by atoms with E-state index in [9.17, 15) is 13.2 Å². The Morgan fingerprint density at radius 2 is 2.05 bits per heavy atom. The van der Waals surface area contributed by atoms with Gasteiger partial charge in [-0.2, -0.15) is 0 Å². The number of benzene rings is 1. The van der Waals surface area contributed by atoms with Crippen molar-refractivity contribution >= 4 is 5.69 Å². The van der Waals surface area contributed by atoms with Crippen LogP contribution in [0.15, 0.2) is 12.1 Å². The zero-order valence-corrected chi connectivity index (χ0v) is 12.1. The van der Waals surface area contributed by atoms with E-state index in [4.69, 9.17) is 0 Å². The smallest absolute Gasteiger partial charge is 0.182 e. The van der Waals surface area contributed by atoms with Crippen LogP contribution >= 0.6 is 0 Å². The lowest BCUT2D eigenvalue weighted by molar-refractivity contribution is 0.313. The van der Waals surface area contributed by atoms with Gasteiger partial charge < -0.3 is 10.2 Å². The fourth-order valence-corrected chi connectivity index (χ4v) is 2.64. The molecule has 0 radical (unpaired) electrons. The molecule has 0 bridgehead atoms. The van der Waals surface area contributed by atoms with Gasteiger partial charge in [-0.3, -0.25) is 0 Å². The number of hydrogen-bond acceptors (Lipinski definition) is 2. The molecule has 3 unspecified atom stereocenters. The summed E-state index contributed by atoms with van der Waals surface area (Å²) in [6, 6.07) is 1.85. The molecule has 1 N–H and O–H groups in total. The number of piperazine rings is 1. The van der Waals surface area contributed by atoms with Crippen LogP contribution < -0.4 is 10.2 Å². The summed E-state index contributed by atoms with van der Waals surface area (Å²) in [5, 5.41) is 3.42. The Morgan fingerprint density at radius 3 is 2.70 bits per heavy atom. The Balaban J connectivity index is 2.30. The van der Waals surface area contributed by atoms with Crippen molar-refractivity contribution in [3.63, 3.8) is 0 Å². The first-order chi connectivity index (χ1) is 9.43. The Hall–Kier alpha value is -1.23. The lowest BCUT2D eigenvalue weighted by Crippen LogP contribution is -2.57. The van der Waals surface area contributed by atoms with Crippen molar-refractivity contribution in [2.75, 3.05) is 18.0 Å². The van der Waals surface area contributed by atoms with Crippen LogP contribution in [-0.2, 0) is 0 Å². The number of nitrogens with zero attached hydrogens (tertiary/aromatic N) is 1. The van der Waals surface area contributed by atoms with E-state index in [1.54, 1.807) is 4.90 Å². The van der Waals surface area contributed by atoms with Crippen molar-refractivity contribution in [2.45, 2.75) is 39.3 Å². The van der Waals surface area contributed by atoms with Crippen molar-refractivity contribution in [3.05, 3.63) is 29.6 Å². The Kier molecular flexibility index (Phi) is 4.58. The Bertz CT molecular complexity index is 478. The minimum absolute atomic E-state index is 0.00833. The van der Waals surface area contributed by atoms with E-state index in [0.29, 0.717) is 25.1 Å². The van der Waals surface area contributed by atoms with Gasteiger partial charge in [0.2, 0.25) is 0 Å². The van der Waals surface area contributed by atoms with E-state index in [2.05, 4.69) is 19.2 Å². The number of anilines is 1. The topological polar surface area (TPSA) is 15.3 Å². The van der Waals surface area contributed by atoms with Gasteiger partial charge in [0.1, 0.15) is 5.82 Å². The molecule has 0 aromatic heterocycles. The second-order valence-electron chi connectivity index (χ2n) is 5.62. The van der Waals surface area contributed by atoms with Crippen LogP contribution in [0.3, 0.4) is 0 Å². The molecule has 20 heavy (non-hydrogen) atoms. The molecule has 3 atom stereocenters. The van der Waals surface area contributed by atoms with Crippen LogP contribution in [0.4, 0.5) is 18.9 Å². The standard InChI is InChI=1S/C15H21F3N2/c1-4-9(2)13-8-20(10(3)7-19-13)14-6-11(16)5-12(17)15(14)18/h5-6,9-10,13,19H,4,7-8H2,1-3H3. The summed E-state index contributed by atoms with van der Waals surface area (Å²) in [6.07, 6.45) is 1.000. The van der Waals surface area contributed by atoms with Gasteiger partial charge in [-0.15, -0.1) is 0 Å². The minimum atomic E-state index is -1.13. The molecular weight excluding hydrogens is 265 g/mol. The summed E-state index contributed by atoms with van der Waals surface area (Å²) in [6.45, 7) is 7.36. The van der Waals surface area contributed by atoms with Gasteiger partial charge in [0.15, 0.2) is 11.6 Å². The van der Waals surface area contributed by atoms with Gasteiger partial charge in [-0.25, -0.2) is 13.2 Å². The number of nitrogens with one attached hydrogen (secondary N) is 1. The zero-order chi connectivity index (χ0) is 14.9. The van der Waals surface area contributed by atoms with Gasteiger partial charge in [0.05, 0.1) is 5.69 Å². The minimum Gasteiger partial charge on any atom is -0.363 e. The molecule has 2 rings (SSSR count). The maximum absolute atomic E-state index is 13.9. The molecule has 1 saturated heterocycles. The van der Waals surface area contributed by atoms with Crippen molar-refractivity contribution < 1.29 is 13.2 Å². The van der Waals surface area contributed by atoms with Crippen LogP contribution in [0.1, 0.15) is 27.2 Å². The van der Waals surface area contributed by atoms with Gasteiger partial charge >= 0.3 is 0 Å². The summed E-state index contributed by atoms with van der Waals surface area (Å²) in [7, 11) is 0. The van der Waals surface area contributed by atoms with Gasteiger partial charge in [-0.1, -0.05) is 20.3 Å². The van der Waals surface area contributed by atoms with Crippen molar-refractivity contribution in [3.8, 4) is 0 Å². The van der Waals surface area contributed by atoms with Crippen molar-refractivity contribution in [2.24, 2.45) is 5.92 Å². The number of halogens is 3. The molecule has 0 saturated carbocycles. The number of hydrogen-bond donors (Lipinski definition) is 1. The Morgan fingerprint density at radius 1 is 1.35 bits per heavy atom. The second-order valence-corrected chi connectivity index (χ2v) is 5.62. The molecule has 1 fully saturated rings. The summed E-state index contributed by atoms with van der Waals surface area (Å²) in [5.41, 5.74) is 0.0183. The molecule has 5 heteroatoms. The van der Waals surface area contributed by atoms with E-state index in [1.807, 2.05) is 6.92 Å². The highest BCUT2D eigenvalue weighted by molar-refractivity contribution is 5.50.